The summed E-state index contributed by atoms with van der Waals surface area (Å²) in [5.74, 6) is 0. The molecule has 2 fully saturated rings. The maximum absolute atomic E-state index is 2.59. The topological polar surface area (TPSA) is 0 Å². The lowest BCUT2D eigenvalue weighted by atomic mass is 9.73. The molecule has 0 heterocycles. The molecule has 0 aliphatic heterocycles. The lowest BCUT2D eigenvalue weighted by Crippen LogP contribution is -2.36. The van der Waals surface area contributed by atoms with Crippen molar-refractivity contribution < 1.29 is 0 Å². The summed E-state index contributed by atoms with van der Waals surface area (Å²) < 4.78 is 0.689. The van der Waals surface area contributed by atoms with E-state index in [-0.39, 0.29) is 0 Å². The molecule has 0 bridgehead atoms. The van der Waals surface area contributed by atoms with Crippen molar-refractivity contribution in [3.63, 3.8) is 0 Å². The van der Waals surface area contributed by atoms with Crippen LogP contribution in [0.3, 0.4) is 0 Å². The van der Waals surface area contributed by atoms with Crippen molar-refractivity contribution in [2.24, 2.45) is 5.41 Å². The van der Waals surface area contributed by atoms with E-state index in [4.69, 9.17) is 0 Å². The van der Waals surface area contributed by atoms with E-state index in [2.05, 4.69) is 29.5 Å². The van der Waals surface area contributed by atoms with Crippen LogP contribution in [0.25, 0.3) is 0 Å². The first-order chi connectivity index (χ1) is 3.62. The van der Waals surface area contributed by atoms with Crippen molar-refractivity contribution in [1.29, 1.82) is 0 Å². The molecule has 2 aliphatic carbocycles. The maximum Gasteiger partial charge on any atom is 0.0204 e. The molecule has 0 atom stereocenters. The monoisotopic (exact) mass is 222 g/mol. The number of hydrogen-bond donors (Lipinski definition) is 0. The Morgan fingerprint density at radius 3 is 1.88 bits per heavy atom. The molecule has 0 aromatic carbocycles. The molecule has 1 heteroatoms. The second-order valence-electron chi connectivity index (χ2n) is 3.77. The Bertz CT molecular complexity index is 110. The fourth-order valence-electron chi connectivity index (χ4n) is 2.04. The summed E-state index contributed by atoms with van der Waals surface area (Å²) in [5.41, 5.74) is 0.899. The minimum absolute atomic E-state index is 0.689. The molecule has 0 saturated heterocycles. The fraction of sp³-hybridized carbons (Fsp3) is 1.00. The molecule has 8 heavy (non-hydrogen) atoms. The molecular weight excluding hydrogens is 211 g/mol. The normalized spacial score (nSPS) is 36.8. The van der Waals surface area contributed by atoms with Gasteiger partial charge < -0.3 is 0 Å². The zero-order valence-electron chi connectivity index (χ0n) is 5.21. The first-order valence-corrected chi connectivity index (χ1v) is 4.39. The van der Waals surface area contributed by atoms with E-state index in [0.29, 0.717) is 3.42 Å². The van der Waals surface area contributed by atoms with Gasteiger partial charge in [0.05, 0.1) is 0 Å². The van der Waals surface area contributed by atoms with Gasteiger partial charge in [0, 0.05) is 3.42 Å². The standard InChI is InChI=1S/C7H11I/c1-6(8)4-7(5-6)2-3-7/h2-5H2,1H3. The van der Waals surface area contributed by atoms with E-state index >= 15 is 0 Å². The van der Waals surface area contributed by atoms with Gasteiger partial charge in [-0.15, -0.1) is 0 Å². The third kappa shape index (κ3) is 0.703. The van der Waals surface area contributed by atoms with Crippen LogP contribution in [0.2, 0.25) is 0 Å². The van der Waals surface area contributed by atoms with Gasteiger partial charge in [0.25, 0.3) is 0 Å². The summed E-state index contributed by atoms with van der Waals surface area (Å²) in [6.07, 6.45) is 6.07. The third-order valence-electron chi connectivity index (χ3n) is 2.44. The predicted octanol–water partition coefficient (Wildman–Crippen LogP) is 2.75. The van der Waals surface area contributed by atoms with Crippen LogP contribution < -0.4 is 0 Å². The first kappa shape index (κ1) is 5.51. The van der Waals surface area contributed by atoms with Crippen molar-refractivity contribution in [3.8, 4) is 0 Å². The molecule has 0 aromatic rings. The lowest BCUT2D eigenvalue weighted by molar-refractivity contribution is 0.236. The number of alkyl halides is 1. The Balaban J connectivity index is 2.00. The quantitative estimate of drug-likeness (QED) is 0.436. The van der Waals surface area contributed by atoms with Crippen LogP contribution >= 0.6 is 22.6 Å². The zero-order valence-corrected chi connectivity index (χ0v) is 7.36. The summed E-state index contributed by atoms with van der Waals surface area (Å²) in [6, 6.07) is 0. The summed E-state index contributed by atoms with van der Waals surface area (Å²) in [6.45, 7) is 2.37. The van der Waals surface area contributed by atoms with Gasteiger partial charge in [0.2, 0.25) is 0 Å². The highest BCUT2D eigenvalue weighted by Gasteiger charge is 2.57. The lowest BCUT2D eigenvalue weighted by Gasteiger charge is -2.41. The summed E-state index contributed by atoms with van der Waals surface area (Å²) in [5, 5.41) is 0. The average Bonchev–Trinajstić information content (AvgIpc) is 2.12. The highest BCUT2D eigenvalue weighted by atomic mass is 127. The molecule has 2 rings (SSSR count). The Morgan fingerprint density at radius 1 is 1.25 bits per heavy atom. The van der Waals surface area contributed by atoms with E-state index in [1.807, 2.05) is 0 Å². The minimum atomic E-state index is 0.689. The first-order valence-electron chi connectivity index (χ1n) is 3.31. The van der Waals surface area contributed by atoms with Gasteiger partial charge in [0.15, 0.2) is 0 Å². The van der Waals surface area contributed by atoms with Crippen LogP contribution in [-0.2, 0) is 0 Å². The molecule has 0 unspecified atom stereocenters. The van der Waals surface area contributed by atoms with Gasteiger partial charge >= 0.3 is 0 Å². The fourth-order valence-corrected chi connectivity index (χ4v) is 3.66. The number of rotatable bonds is 0. The van der Waals surface area contributed by atoms with Crippen molar-refractivity contribution in [2.45, 2.75) is 36.0 Å². The summed E-state index contributed by atoms with van der Waals surface area (Å²) in [7, 11) is 0. The molecule has 2 saturated carbocycles. The van der Waals surface area contributed by atoms with E-state index < -0.39 is 0 Å². The van der Waals surface area contributed by atoms with Gasteiger partial charge in [-0.25, -0.2) is 0 Å². The molecule has 0 nitrogen and oxygen atoms in total. The molecular formula is C7H11I. The van der Waals surface area contributed by atoms with Crippen molar-refractivity contribution in [1.82, 2.24) is 0 Å². The van der Waals surface area contributed by atoms with Crippen LogP contribution in [0.15, 0.2) is 0 Å². The van der Waals surface area contributed by atoms with E-state index in [9.17, 15) is 0 Å². The zero-order chi connectivity index (χ0) is 5.83. The Labute approximate surface area is 64.2 Å². The summed E-state index contributed by atoms with van der Waals surface area (Å²) in [4.78, 5) is 0. The average molecular weight is 222 g/mol. The predicted molar refractivity (Wildman–Crippen MR) is 43.3 cm³/mol. The van der Waals surface area contributed by atoms with E-state index in [0.717, 1.165) is 5.41 Å². The molecule has 0 radical (unpaired) electrons. The Kier molecular flexibility index (Phi) is 0.862. The summed E-state index contributed by atoms with van der Waals surface area (Å²) >= 11 is 2.59. The highest BCUT2D eigenvalue weighted by Crippen LogP contribution is 2.67. The molecule has 0 N–H and O–H groups in total. The molecule has 1 spiro atoms. The molecule has 46 valence electrons. The van der Waals surface area contributed by atoms with Crippen molar-refractivity contribution in [3.05, 3.63) is 0 Å². The minimum Gasteiger partial charge on any atom is -0.0791 e. The second kappa shape index (κ2) is 1.25. The largest absolute Gasteiger partial charge is 0.0791 e. The van der Waals surface area contributed by atoms with Gasteiger partial charge in [-0.2, -0.15) is 0 Å². The SMILES string of the molecule is CC1(I)CC2(CC2)C1. The van der Waals surface area contributed by atoms with Gasteiger partial charge in [-0.3, -0.25) is 0 Å². The third-order valence-corrected chi connectivity index (χ3v) is 3.21. The molecule has 0 aromatic heterocycles. The van der Waals surface area contributed by atoms with Gasteiger partial charge in [-0.1, -0.05) is 29.5 Å². The number of hydrogen-bond acceptors (Lipinski definition) is 0. The van der Waals surface area contributed by atoms with E-state index in [1.54, 1.807) is 0 Å². The number of halogens is 1. The van der Waals surface area contributed by atoms with Crippen LogP contribution in [0, 0.1) is 5.41 Å². The maximum atomic E-state index is 2.59. The molecule has 2 aliphatic rings. The van der Waals surface area contributed by atoms with Crippen LogP contribution in [0.1, 0.15) is 32.6 Å². The Morgan fingerprint density at radius 2 is 1.75 bits per heavy atom. The van der Waals surface area contributed by atoms with Crippen LogP contribution in [0.5, 0.6) is 0 Å². The molecule has 0 amide bonds. The van der Waals surface area contributed by atoms with Crippen molar-refractivity contribution >= 4 is 22.6 Å². The smallest absolute Gasteiger partial charge is 0.0204 e. The van der Waals surface area contributed by atoms with Crippen LogP contribution in [-0.4, -0.2) is 3.42 Å². The Hall–Kier alpha value is 0.730. The van der Waals surface area contributed by atoms with Gasteiger partial charge in [0.1, 0.15) is 0 Å². The van der Waals surface area contributed by atoms with E-state index in [1.165, 1.54) is 25.7 Å². The van der Waals surface area contributed by atoms with Gasteiger partial charge in [-0.05, 0) is 31.1 Å². The van der Waals surface area contributed by atoms with Crippen molar-refractivity contribution in [2.75, 3.05) is 0 Å². The second-order valence-corrected chi connectivity index (χ2v) is 6.37. The highest BCUT2D eigenvalue weighted by molar-refractivity contribution is 14.1. The van der Waals surface area contributed by atoms with Crippen LogP contribution in [0.4, 0.5) is 0 Å².